The fourth-order valence-corrected chi connectivity index (χ4v) is 3.71. The number of para-hydroxylation sites is 1. The third-order valence-corrected chi connectivity index (χ3v) is 5.04. The molecule has 21 heavy (non-hydrogen) atoms. The Morgan fingerprint density at radius 3 is 3.00 bits per heavy atom. The van der Waals surface area contributed by atoms with Gasteiger partial charge in [-0.3, -0.25) is 0 Å². The zero-order valence-corrected chi connectivity index (χ0v) is 12.9. The summed E-state index contributed by atoms with van der Waals surface area (Å²) in [7, 11) is 0. The summed E-state index contributed by atoms with van der Waals surface area (Å²) in [4.78, 5) is 8.92. The van der Waals surface area contributed by atoms with E-state index >= 15 is 0 Å². The third kappa shape index (κ3) is 2.65. The molecule has 0 atom stereocenters. The number of fused-ring (bicyclic) bond motifs is 1. The topological polar surface area (TPSA) is 30.7 Å². The maximum absolute atomic E-state index is 6.31. The van der Waals surface area contributed by atoms with Crippen molar-refractivity contribution in [2.24, 2.45) is 0 Å². The molecule has 4 rings (SSSR count). The van der Waals surface area contributed by atoms with Gasteiger partial charge in [0.15, 0.2) is 5.16 Å². The number of hydrogen-bond donors (Lipinski definition) is 0. The molecule has 0 saturated heterocycles. The summed E-state index contributed by atoms with van der Waals surface area (Å²) in [6.45, 7) is 0. The van der Waals surface area contributed by atoms with Crippen LogP contribution in [0, 0.1) is 0 Å². The van der Waals surface area contributed by atoms with Crippen LogP contribution in [0.1, 0.15) is 24.4 Å². The van der Waals surface area contributed by atoms with Crippen molar-refractivity contribution in [3.05, 3.63) is 53.4 Å². The smallest absolute Gasteiger partial charge is 0.168 e. The van der Waals surface area contributed by atoms with Crippen LogP contribution in [0.3, 0.4) is 0 Å². The molecule has 1 aliphatic carbocycles. The Hall–Kier alpha value is -1.52. The van der Waals surface area contributed by atoms with E-state index in [0.29, 0.717) is 11.2 Å². The minimum absolute atomic E-state index is 0.589. The van der Waals surface area contributed by atoms with Crippen LogP contribution in [0.4, 0.5) is 0 Å². The van der Waals surface area contributed by atoms with Gasteiger partial charge < -0.3 is 4.57 Å². The van der Waals surface area contributed by atoms with Crippen molar-refractivity contribution in [1.29, 1.82) is 0 Å². The highest BCUT2D eigenvalue weighted by molar-refractivity contribution is 7.98. The molecule has 106 valence electrons. The van der Waals surface area contributed by atoms with Gasteiger partial charge in [0.2, 0.25) is 0 Å². The number of hydrogen-bond acceptors (Lipinski definition) is 3. The first-order valence-electron chi connectivity index (χ1n) is 7.01. The van der Waals surface area contributed by atoms with Crippen molar-refractivity contribution in [2.75, 3.05) is 0 Å². The Bertz CT molecular complexity index is 795. The molecule has 0 amide bonds. The van der Waals surface area contributed by atoms with Crippen molar-refractivity contribution >= 4 is 34.3 Å². The number of thioether (sulfide) groups is 1. The zero-order valence-electron chi connectivity index (χ0n) is 11.4. The van der Waals surface area contributed by atoms with E-state index in [2.05, 4.69) is 32.9 Å². The lowest BCUT2D eigenvalue weighted by Crippen LogP contribution is -1.95. The standard InChI is InChI=1S/C16H14ClN3S/c17-15-12(9-11-3-1-2-4-14(11)19-15)10-21-16-18-7-8-20(16)13-5-6-13/h1-4,7-9,13H,5-6,10H2. The van der Waals surface area contributed by atoms with Crippen molar-refractivity contribution in [2.45, 2.75) is 29.8 Å². The van der Waals surface area contributed by atoms with E-state index in [-0.39, 0.29) is 0 Å². The van der Waals surface area contributed by atoms with Crippen LogP contribution in [-0.2, 0) is 5.75 Å². The molecule has 0 N–H and O–H groups in total. The molecule has 1 saturated carbocycles. The van der Waals surface area contributed by atoms with Crippen LogP contribution in [-0.4, -0.2) is 14.5 Å². The fourth-order valence-electron chi connectivity index (χ4n) is 2.42. The van der Waals surface area contributed by atoms with Gasteiger partial charge in [-0.05, 0) is 25.0 Å². The Morgan fingerprint density at radius 2 is 2.14 bits per heavy atom. The van der Waals surface area contributed by atoms with Crippen molar-refractivity contribution in [1.82, 2.24) is 14.5 Å². The Labute approximate surface area is 132 Å². The molecule has 2 aromatic heterocycles. The fraction of sp³-hybridized carbons (Fsp3) is 0.250. The molecule has 0 radical (unpaired) electrons. The van der Waals surface area contributed by atoms with E-state index in [1.165, 1.54) is 12.8 Å². The van der Waals surface area contributed by atoms with Crippen molar-refractivity contribution in [3.63, 3.8) is 0 Å². The third-order valence-electron chi connectivity index (χ3n) is 3.68. The Morgan fingerprint density at radius 1 is 1.29 bits per heavy atom. The second-order valence-corrected chi connectivity index (χ2v) is 6.57. The van der Waals surface area contributed by atoms with Crippen LogP contribution >= 0.6 is 23.4 Å². The monoisotopic (exact) mass is 315 g/mol. The van der Waals surface area contributed by atoms with Gasteiger partial charge in [-0.25, -0.2) is 9.97 Å². The zero-order chi connectivity index (χ0) is 14.2. The van der Waals surface area contributed by atoms with E-state index in [1.54, 1.807) is 11.8 Å². The molecule has 3 aromatic rings. The molecule has 1 fully saturated rings. The second-order valence-electron chi connectivity index (χ2n) is 5.27. The molecular weight excluding hydrogens is 302 g/mol. The second kappa shape index (κ2) is 5.35. The average Bonchev–Trinajstić information content (AvgIpc) is 3.24. The van der Waals surface area contributed by atoms with Gasteiger partial charge in [-0.1, -0.05) is 41.6 Å². The van der Waals surface area contributed by atoms with Gasteiger partial charge in [-0.15, -0.1) is 0 Å². The molecule has 0 spiro atoms. The molecule has 1 aromatic carbocycles. The first-order chi connectivity index (χ1) is 10.3. The lowest BCUT2D eigenvalue weighted by Gasteiger charge is -2.07. The number of nitrogens with zero attached hydrogens (tertiary/aromatic N) is 3. The van der Waals surface area contributed by atoms with Gasteiger partial charge in [0.1, 0.15) is 5.15 Å². The summed E-state index contributed by atoms with van der Waals surface area (Å²) in [5.74, 6) is 0.792. The summed E-state index contributed by atoms with van der Waals surface area (Å²) >= 11 is 8.03. The van der Waals surface area contributed by atoms with E-state index < -0.39 is 0 Å². The van der Waals surface area contributed by atoms with Crippen LogP contribution < -0.4 is 0 Å². The molecule has 2 heterocycles. The van der Waals surface area contributed by atoms with Gasteiger partial charge in [0.25, 0.3) is 0 Å². The van der Waals surface area contributed by atoms with E-state index in [0.717, 1.165) is 27.4 Å². The lowest BCUT2D eigenvalue weighted by molar-refractivity contribution is 0.663. The summed E-state index contributed by atoms with van der Waals surface area (Å²) < 4.78 is 2.27. The molecular formula is C16H14ClN3S. The first kappa shape index (κ1) is 13.2. The highest BCUT2D eigenvalue weighted by atomic mass is 35.5. The van der Waals surface area contributed by atoms with Crippen LogP contribution in [0.25, 0.3) is 10.9 Å². The summed E-state index contributed by atoms with van der Waals surface area (Å²) in [6.07, 6.45) is 6.48. The molecule has 1 aliphatic rings. The summed E-state index contributed by atoms with van der Waals surface area (Å²) in [5, 5.41) is 2.79. The first-order valence-corrected chi connectivity index (χ1v) is 8.37. The predicted molar refractivity (Wildman–Crippen MR) is 86.8 cm³/mol. The van der Waals surface area contributed by atoms with E-state index in [1.807, 2.05) is 24.4 Å². The molecule has 0 bridgehead atoms. The number of halogens is 1. The molecule has 3 nitrogen and oxygen atoms in total. The minimum atomic E-state index is 0.589. The van der Waals surface area contributed by atoms with Gasteiger partial charge >= 0.3 is 0 Å². The van der Waals surface area contributed by atoms with Gasteiger partial charge in [0.05, 0.1) is 5.52 Å². The molecule has 5 heteroatoms. The van der Waals surface area contributed by atoms with Gasteiger partial charge in [0, 0.05) is 35.1 Å². The van der Waals surface area contributed by atoms with E-state index in [9.17, 15) is 0 Å². The predicted octanol–water partition coefficient (Wildman–Crippen LogP) is 4.71. The molecule has 0 unspecified atom stereocenters. The highest BCUT2D eigenvalue weighted by Gasteiger charge is 2.25. The van der Waals surface area contributed by atoms with Crippen molar-refractivity contribution < 1.29 is 0 Å². The normalized spacial score (nSPS) is 14.7. The van der Waals surface area contributed by atoms with Crippen LogP contribution in [0.15, 0.2) is 47.9 Å². The number of imidazole rings is 1. The maximum Gasteiger partial charge on any atom is 0.168 e. The Balaban J connectivity index is 1.59. The quantitative estimate of drug-likeness (QED) is 0.516. The van der Waals surface area contributed by atoms with Crippen molar-refractivity contribution in [3.8, 4) is 0 Å². The summed E-state index contributed by atoms with van der Waals surface area (Å²) in [5.41, 5.74) is 2.00. The van der Waals surface area contributed by atoms with Gasteiger partial charge in [-0.2, -0.15) is 0 Å². The van der Waals surface area contributed by atoms with Crippen LogP contribution in [0.5, 0.6) is 0 Å². The molecule has 0 aliphatic heterocycles. The number of benzene rings is 1. The number of pyridine rings is 1. The van der Waals surface area contributed by atoms with E-state index in [4.69, 9.17) is 11.6 Å². The lowest BCUT2D eigenvalue weighted by atomic mass is 10.2. The largest absolute Gasteiger partial charge is 0.323 e. The maximum atomic E-state index is 6.31. The highest BCUT2D eigenvalue weighted by Crippen LogP contribution is 2.38. The van der Waals surface area contributed by atoms with Crippen LogP contribution in [0.2, 0.25) is 5.15 Å². The Kier molecular flexibility index (Phi) is 3.36. The number of aromatic nitrogens is 3. The number of rotatable bonds is 4. The summed E-state index contributed by atoms with van der Waals surface area (Å²) in [6, 6.07) is 10.8. The minimum Gasteiger partial charge on any atom is -0.323 e. The SMILES string of the molecule is Clc1nc2ccccc2cc1CSc1nccn1C1CC1. The average molecular weight is 316 g/mol.